The standard InChI is InChI=1S/C5H9NO3/c1-2-8-4-3-9-5(7)6-4/h4H,2-3H2,1H3,(H,6,7). The lowest BCUT2D eigenvalue weighted by molar-refractivity contribution is 0.0434. The van der Waals surface area contributed by atoms with Crippen LogP contribution in [-0.4, -0.2) is 25.5 Å². The summed E-state index contributed by atoms with van der Waals surface area (Å²) in [5.74, 6) is 0. The molecule has 1 atom stereocenters. The molecule has 0 aromatic rings. The van der Waals surface area contributed by atoms with Crippen LogP contribution >= 0.6 is 0 Å². The zero-order chi connectivity index (χ0) is 6.69. The van der Waals surface area contributed by atoms with Crippen LogP contribution in [0, 0.1) is 0 Å². The molecule has 1 aliphatic rings. The van der Waals surface area contributed by atoms with Crippen molar-refractivity contribution in [3.8, 4) is 0 Å². The molecule has 1 aliphatic heterocycles. The second-order valence-electron chi connectivity index (χ2n) is 1.69. The van der Waals surface area contributed by atoms with Gasteiger partial charge in [0.05, 0.1) is 0 Å². The largest absolute Gasteiger partial charge is 0.445 e. The third-order valence-electron chi connectivity index (χ3n) is 1.01. The molecule has 0 aromatic heterocycles. The molecule has 0 radical (unpaired) electrons. The molecule has 1 rings (SSSR count). The maximum absolute atomic E-state index is 10.3. The molecule has 1 unspecified atom stereocenters. The van der Waals surface area contributed by atoms with Crippen LogP contribution in [0.5, 0.6) is 0 Å². The number of carbonyl (C=O) groups excluding carboxylic acids is 1. The lowest BCUT2D eigenvalue weighted by Crippen LogP contribution is -2.28. The van der Waals surface area contributed by atoms with Gasteiger partial charge < -0.3 is 9.47 Å². The molecule has 1 amide bonds. The van der Waals surface area contributed by atoms with Gasteiger partial charge in [-0.25, -0.2) is 4.79 Å². The average molecular weight is 131 g/mol. The summed E-state index contributed by atoms with van der Waals surface area (Å²) in [7, 11) is 0. The topological polar surface area (TPSA) is 47.6 Å². The van der Waals surface area contributed by atoms with Crippen molar-refractivity contribution in [1.82, 2.24) is 5.32 Å². The number of nitrogens with one attached hydrogen (secondary N) is 1. The molecule has 9 heavy (non-hydrogen) atoms. The first-order valence-electron chi connectivity index (χ1n) is 2.88. The van der Waals surface area contributed by atoms with Crippen LogP contribution in [0.1, 0.15) is 6.92 Å². The van der Waals surface area contributed by atoms with Crippen molar-refractivity contribution in [2.45, 2.75) is 13.2 Å². The Kier molecular flexibility index (Phi) is 1.89. The van der Waals surface area contributed by atoms with Crippen LogP contribution in [0.25, 0.3) is 0 Å². The minimum atomic E-state index is -0.395. The van der Waals surface area contributed by atoms with Crippen LogP contribution in [0.2, 0.25) is 0 Å². The van der Waals surface area contributed by atoms with Crippen LogP contribution in [0.4, 0.5) is 4.79 Å². The fourth-order valence-electron chi connectivity index (χ4n) is 0.657. The fourth-order valence-corrected chi connectivity index (χ4v) is 0.657. The van der Waals surface area contributed by atoms with E-state index in [0.717, 1.165) is 0 Å². The lowest BCUT2D eigenvalue weighted by Gasteiger charge is -2.04. The summed E-state index contributed by atoms with van der Waals surface area (Å²) in [6.45, 7) is 2.78. The van der Waals surface area contributed by atoms with Crippen molar-refractivity contribution in [2.24, 2.45) is 0 Å². The lowest BCUT2D eigenvalue weighted by atomic mass is 10.6. The van der Waals surface area contributed by atoms with Gasteiger partial charge in [-0.15, -0.1) is 0 Å². The van der Waals surface area contributed by atoms with Crippen molar-refractivity contribution in [1.29, 1.82) is 0 Å². The van der Waals surface area contributed by atoms with E-state index in [1.165, 1.54) is 0 Å². The normalized spacial score (nSPS) is 25.4. The number of hydrogen-bond donors (Lipinski definition) is 1. The minimum absolute atomic E-state index is 0.234. The van der Waals surface area contributed by atoms with E-state index in [1.807, 2.05) is 6.92 Å². The van der Waals surface area contributed by atoms with E-state index < -0.39 is 6.09 Å². The molecule has 1 N–H and O–H groups in total. The smallest absolute Gasteiger partial charge is 0.409 e. The van der Waals surface area contributed by atoms with E-state index in [-0.39, 0.29) is 6.23 Å². The van der Waals surface area contributed by atoms with Gasteiger partial charge in [0.25, 0.3) is 0 Å². The highest BCUT2D eigenvalue weighted by atomic mass is 16.6. The third-order valence-corrected chi connectivity index (χ3v) is 1.01. The van der Waals surface area contributed by atoms with E-state index in [1.54, 1.807) is 0 Å². The summed E-state index contributed by atoms with van der Waals surface area (Å²) in [4.78, 5) is 10.3. The fraction of sp³-hybridized carbons (Fsp3) is 0.800. The number of alkyl carbamates (subject to hydrolysis) is 1. The second-order valence-corrected chi connectivity index (χ2v) is 1.69. The molecule has 0 aromatic carbocycles. The predicted molar refractivity (Wildman–Crippen MR) is 29.9 cm³/mol. The number of amides is 1. The van der Waals surface area contributed by atoms with Crippen LogP contribution in [0.3, 0.4) is 0 Å². The van der Waals surface area contributed by atoms with Crippen molar-refractivity contribution in [2.75, 3.05) is 13.2 Å². The van der Waals surface area contributed by atoms with E-state index in [9.17, 15) is 4.79 Å². The highest BCUT2D eigenvalue weighted by molar-refractivity contribution is 5.69. The molecule has 52 valence electrons. The predicted octanol–water partition coefficient (Wildman–Crippen LogP) is 0.0888. The second kappa shape index (κ2) is 2.68. The molecule has 1 heterocycles. The monoisotopic (exact) mass is 131 g/mol. The van der Waals surface area contributed by atoms with E-state index in [4.69, 9.17) is 4.74 Å². The van der Waals surface area contributed by atoms with Gasteiger partial charge in [-0.3, -0.25) is 5.32 Å². The maximum Gasteiger partial charge on any atom is 0.409 e. The Morgan fingerprint density at radius 2 is 2.78 bits per heavy atom. The van der Waals surface area contributed by atoms with Crippen molar-refractivity contribution < 1.29 is 14.3 Å². The van der Waals surface area contributed by atoms with Crippen LogP contribution in [0.15, 0.2) is 0 Å². The molecule has 1 saturated heterocycles. The van der Waals surface area contributed by atoms with Crippen molar-refractivity contribution >= 4 is 6.09 Å². The summed E-state index contributed by atoms with van der Waals surface area (Å²) in [6.07, 6.45) is -0.629. The molecule has 4 heteroatoms. The molecule has 4 nitrogen and oxygen atoms in total. The van der Waals surface area contributed by atoms with Gasteiger partial charge >= 0.3 is 6.09 Å². The molecule has 1 fully saturated rings. The Morgan fingerprint density at radius 1 is 2.00 bits per heavy atom. The van der Waals surface area contributed by atoms with Gasteiger partial charge in [-0.1, -0.05) is 0 Å². The average Bonchev–Trinajstić information content (AvgIpc) is 2.17. The maximum atomic E-state index is 10.3. The third kappa shape index (κ3) is 1.57. The van der Waals surface area contributed by atoms with Gasteiger partial charge in [0.2, 0.25) is 0 Å². The highest BCUT2D eigenvalue weighted by Crippen LogP contribution is 1.97. The number of hydrogen-bond acceptors (Lipinski definition) is 3. The summed E-state index contributed by atoms with van der Waals surface area (Å²) >= 11 is 0. The minimum Gasteiger partial charge on any atom is -0.445 e. The Balaban J connectivity index is 2.22. The Labute approximate surface area is 53.1 Å². The summed E-state index contributed by atoms with van der Waals surface area (Å²) < 4.78 is 9.56. The van der Waals surface area contributed by atoms with Gasteiger partial charge in [-0.05, 0) is 6.92 Å². The van der Waals surface area contributed by atoms with E-state index in [0.29, 0.717) is 13.2 Å². The van der Waals surface area contributed by atoms with Gasteiger partial charge in [0, 0.05) is 6.61 Å². The summed E-state index contributed by atoms with van der Waals surface area (Å²) in [5.41, 5.74) is 0. The molecular formula is C5H9NO3. The Morgan fingerprint density at radius 3 is 3.22 bits per heavy atom. The first-order valence-corrected chi connectivity index (χ1v) is 2.88. The van der Waals surface area contributed by atoms with E-state index in [2.05, 4.69) is 10.1 Å². The van der Waals surface area contributed by atoms with Crippen LogP contribution < -0.4 is 5.32 Å². The molecular weight excluding hydrogens is 122 g/mol. The zero-order valence-corrected chi connectivity index (χ0v) is 5.22. The number of carbonyl (C=O) groups is 1. The first kappa shape index (κ1) is 6.35. The molecule has 0 aliphatic carbocycles. The van der Waals surface area contributed by atoms with Gasteiger partial charge in [0.15, 0.2) is 6.23 Å². The highest BCUT2D eigenvalue weighted by Gasteiger charge is 2.21. The van der Waals surface area contributed by atoms with Crippen LogP contribution in [-0.2, 0) is 9.47 Å². The van der Waals surface area contributed by atoms with Crippen molar-refractivity contribution in [3.63, 3.8) is 0 Å². The Hall–Kier alpha value is -0.770. The number of ether oxygens (including phenoxy) is 2. The zero-order valence-electron chi connectivity index (χ0n) is 5.22. The summed E-state index contributed by atoms with van der Waals surface area (Å²) in [6, 6.07) is 0. The SMILES string of the molecule is CCOC1COC(=O)N1. The molecule has 0 bridgehead atoms. The molecule has 0 spiro atoms. The van der Waals surface area contributed by atoms with Crippen molar-refractivity contribution in [3.05, 3.63) is 0 Å². The van der Waals surface area contributed by atoms with E-state index >= 15 is 0 Å². The Bertz CT molecular complexity index is 115. The number of rotatable bonds is 2. The summed E-state index contributed by atoms with van der Waals surface area (Å²) in [5, 5.41) is 2.47. The first-order chi connectivity index (χ1) is 4.33. The van der Waals surface area contributed by atoms with Gasteiger partial charge in [0.1, 0.15) is 6.61 Å². The van der Waals surface area contributed by atoms with Gasteiger partial charge in [-0.2, -0.15) is 0 Å². The number of cyclic esters (lactones) is 1. The quantitative estimate of drug-likeness (QED) is 0.577. The molecule has 0 saturated carbocycles.